The molecule has 0 atom stereocenters. The SMILES string of the molecule is C.CC(C)(C)c1ccc([S+](c2ccccc2)c2ccccc2)cc1.CC(C)(C)c1ccc([S+](c2ccccc2)c2ccccc2)cc1. The molecule has 6 rings (SSSR count). The van der Waals surface area contributed by atoms with Crippen LogP contribution in [0.25, 0.3) is 0 Å². The van der Waals surface area contributed by atoms with E-state index in [1.165, 1.54) is 40.5 Å². The highest BCUT2D eigenvalue weighted by molar-refractivity contribution is 7.97. The van der Waals surface area contributed by atoms with Crippen molar-refractivity contribution in [3.05, 3.63) is 181 Å². The summed E-state index contributed by atoms with van der Waals surface area (Å²) >= 11 is 0. The summed E-state index contributed by atoms with van der Waals surface area (Å²) in [5.74, 6) is 0. The van der Waals surface area contributed by atoms with Crippen molar-refractivity contribution < 1.29 is 0 Å². The van der Waals surface area contributed by atoms with Crippen LogP contribution in [0.3, 0.4) is 0 Å². The van der Waals surface area contributed by atoms with Crippen LogP contribution >= 0.6 is 0 Å². The lowest BCUT2D eigenvalue weighted by Crippen LogP contribution is -2.11. The van der Waals surface area contributed by atoms with Gasteiger partial charge in [-0.25, -0.2) is 0 Å². The summed E-state index contributed by atoms with van der Waals surface area (Å²) < 4.78 is 0. The van der Waals surface area contributed by atoms with Crippen LogP contribution in [0.15, 0.2) is 199 Å². The Morgan fingerprint density at radius 1 is 0.277 bits per heavy atom. The zero-order valence-electron chi connectivity index (χ0n) is 28.0. The minimum Gasteiger partial charge on any atom is -0.0776 e. The molecule has 6 aromatic carbocycles. The molecule has 0 aromatic heterocycles. The van der Waals surface area contributed by atoms with E-state index in [9.17, 15) is 0 Å². The molecule has 0 radical (unpaired) electrons. The Bertz CT molecular complexity index is 1530. The molecule has 0 spiro atoms. The van der Waals surface area contributed by atoms with E-state index in [0.717, 1.165) is 0 Å². The molecule has 0 amide bonds. The van der Waals surface area contributed by atoms with Gasteiger partial charge in [-0.3, -0.25) is 0 Å². The van der Waals surface area contributed by atoms with E-state index in [0.29, 0.717) is 0 Å². The first kappa shape index (κ1) is 35.9. The topological polar surface area (TPSA) is 0 Å². The van der Waals surface area contributed by atoms with Gasteiger partial charge in [-0.05, 0) is 94.8 Å². The van der Waals surface area contributed by atoms with Gasteiger partial charge in [0.15, 0.2) is 29.4 Å². The first-order chi connectivity index (χ1) is 22.1. The summed E-state index contributed by atoms with van der Waals surface area (Å²) in [6.45, 7) is 13.6. The highest BCUT2D eigenvalue weighted by atomic mass is 32.2. The predicted molar refractivity (Wildman–Crippen MR) is 207 cm³/mol. The standard InChI is InChI=1S/2C22H23S.CH4/c2*1-22(2,3)18-14-16-21(17-15-18)23(19-10-6-4-7-11-19)20-12-8-5-9-13-20;/h2*4-17H,1-3H3;1H4/q2*+1;. The zero-order chi connectivity index (χ0) is 32.6. The molecule has 240 valence electrons. The highest BCUT2D eigenvalue weighted by Gasteiger charge is 2.30. The lowest BCUT2D eigenvalue weighted by molar-refractivity contribution is 0.589. The van der Waals surface area contributed by atoms with Crippen LogP contribution in [0, 0.1) is 0 Å². The molecule has 0 fully saturated rings. The van der Waals surface area contributed by atoms with Gasteiger partial charge in [0.25, 0.3) is 0 Å². The molecule has 2 heteroatoms. The van der Waals surface area contributed by atoms with Gasteiger partial charge in [-0.2, -0.15) is 0 Å². The van der Waals surface area contributed by atoms with Crippen LogP contribution in [-0.2, 0) is 32.6 Å². The quantitative estimate of drug-likeness (QED) is 0.157. The Balaban J connectivity index is 0.000000208. The third kappa shape index (κ3) is 9.53. The van der Waals surface area contributed by atoms with Crippen LogP contribution in [0.2, 0.25) is 0 Å². The summed E-state index contributed by atoms with van der Waals surface area (Å²) in [7, 11) is -0.0994. The molecule has 47 heavy (non-hydrogen) atoms. The molecule has 0 nitrogen and oxygen atoms in total. The third-order valence-electron chi connectivity index (χ3n) is 7.83. The maximum Gasteiger partial charge on any atom is 0.166 e. The van der Waals surface area contributed by atoms with Gasteiger partial charge in [-0.15, -0.1) is 0 Å². The van der Waals surface area contributed by atoms with Crippen molar-refractivity contribution >= 4 is 21.8 Å². The summed E-state index contributed by atoms with van der Waals surface area (Å²) in [5.41, 5.74) is 3.14. The van der Waals surface area contributed by atoms with Crippen molar-refractivity contribution in [3.63, 3.8) is 0 Å². The second-order valence-corrected chi connectivity index (χ2v) is 17.5. The molecule has 0 unspecified atom stereocenters. The van der Waals surface area contributed by atoms with Crippen LogP contribution in [0.5, 0.6) is 0 Å². The van der Waals surface area contributed by atoms with E-state index in [1.54, 1.807) is 0 Å². The van der Waals surface area contributed by atoms with Crippen molar-refractivity contribution in [1.29, 1.82) is 0 Å². The molecule has 6 aromatic rings. The van der Waals surface area contributed by atoms with E-state index in [-0.39, 0.29) is 40.0 Å². The van der Waals surface area contributed by atoms with Crippen LogP contribution < -0.4 is 0 Å². The van der Waals surface area contributed by atoms with Gasteiger partial charge in [0.05, 0.1) is 21.8 Å². The Kier molecular flexibility index (Phi) is 12.4. The van der Waals surface area contributed by atoms with Gasteiger partial charge in [0.2, 0.25) is 0 Å². The molecule has 0 bridgehead atoms. The summed E-state index contributed by atoms with van der Waals surface area (Å²) in [6, 6.07) is 61.5. The van der Waals surface area contributed by atoms with Gasteiger partial charge in [-0.1, -0.05) is 146 Å². The van der Waals surface area contributed by atoms with Crippen molar-refractivity contribution in [2.24, 2.45) is 0 Å². The fourth-order valence-electron chi connectivity index (χ4n) is 5.22. The first-order valence-electron chi connectivity index (χ1n) is 16.0. The van der Waals surface area contributed by atoms with Gasteiger partial charge in [0.1, 0.15) is 0 Å². The van der Waals surface area contributed by atoms with Crippen molar-refractivity contribution in [1.82, 2.24) is 0 Å². The molecule has 0 aliphatic rings. The fraction of sp³-hybridized carbons (Fsp3) is 0.200. The number of benzene rings is 6. The predicted octanol–water partition coefficient (Wildman–Crippen LogP) is 12.8. The monoisotopic (exact) mass is 654 g/mol. The van der Waals surface area contributed by atoms with E-state index < -0.39 is 0 Å². The smallest absolute Gasteiger partial charge is 0.0776 e. The maximum atomic E-state index is 2.30. The number of rotatable bonds is 6. The van der Waals surface area contributed by atoms with Crippen molar-refractivity contribution in [3.8, 4) is 0 Å². The lowest BCUT2D eigenvalue weighted by atomic mass is 9.87. The van der Waals surface area contributed by atoms with Crippen LogP contribution in [0.1, 0.15) is 60.1 Å². The van der Waals surface area contributed by atoms with E-state index in [4.69, 9.17) is 0 Å². The average molecular weight is 655 g/mol. The van der Waals surface area contributed by atoms with E-state index in [2.05, 4.69) is 211 Å². The molecular weight excluding hydrogens is 605 g/mol. The Morgan fingerprint density at radius 2 is 0.468 bits per heavy atom. The molecule has 0 N–H and O–H groups in total. The maximum absolute atomic E-state index is 2.30. The number of hydrogen-bond donors (Lipinski definition) is 0. The van der Waals surface area contributed by atoms with Gasteiger partial charge in [0, 0.05) is 0 Å². The minimum atomic E-state index is -0.0497. The molecule has 0 saturated carbocycles. The van der Waals surface area contributed by atoms with Gasteiger partial charge < -0.3 is 0 Å². The molecular formula is C45H50S2+2. The molecule has 0 saturated heterocycles. The Hall–Kier alpha value is -3.98. The van der Waals surface area contributed by atoms with E-state index >= 15 is 0 Å². The lowest BCUT2D eigenvalue weighted by Gasteiger charge is -2.19. The van der Waals surface area contributed by atoms with Crippen molar-refractivity contribution in [2.75, 3.05) is 0 Å². The highest BCUT2D eigenvalue weighted by Crippen LogP contribution is 2.34. The van der Waals surface area contributed by atoms with Crippen LogP contribution in [-0.4, -0.2) is 0 Å². The summed E-state index contributed by atoms with van der Waals surface area (Å²) in [5, 5.41) is 0. The largest absolute Gasteiger partial charge is 0.166 e. The first-order valence-corrected chi connectivity index (χ1v) is 18.5. The second kappa shape index (κ2) is 16.2. The third-order valence-corrected chi connectivity index (χ3v) is 12.3. The summed E-state index contributed by atoms with van der Waals surface area (Å²) in [6.07, 6.45) is 0. The Morgan fingerprint density at radius 3 is 0.660 bits per heavy atom. The fourth-order valence-corrected chi connectivity index (χ4v) is 9.39. The zero-order valence-corrected chi connectivity index (χ0v) is 29.6. The van der Waals surface area contributed by atoms with Crippen molar-refractivity contribution in [2.45, 2.75) is 89.2 Å². The van der Waals surface area contributed by atoms with Gasteiger partial charge >= 0.3 is 0 Å². The Labute approximate surface area is 290 Å². The van der Waals surface area contributed by atoms with E-state index in [1.807, 2.05) is 0 Å². The second-order valence-electron chi connectivity index (χ2n) is 13.4. The average Bonchev–Trinajstić information content (AvgIpc) is 3.07. The minimum absolute atomic E-state index is 0. The molecule has 0 aliphatic heterocycles. The molecule has 0 heterocycles. The number of hydrogen-bond acceptors (Lipinski definition) is 0. The van der Waals surface area contributed by atoms with Crippen LogP contribution in [0.4, 0.5) is 0 Å². The normalized spacial score (nSPS) is 11.4. The molecule has 0 aliphatic carbocycles. The summed E-state index contributed by atoms with van der Waals surface area (Å²) in [4.78, 5) is 8.19.